The van der Waals surface area contributed by atoms with Crippen molar-refractivity contribution in [1.82, 2.24) is 4.98 Å². The molecule has 0 aliphatic heterocycles. The van der Waals surface area contributed by atoms with E-state index in [9.17, 15) is 9.59 Å². The molecule has 1 aromatic heterocycles. The molecule has 1 aliphatic rings. The van der Waals surface area contributed by atoms with Gasteiger partial charge in [0, 0.05) is 5.56 Å². The van der Waals surface area contributed by atoms with Crippen molar-refractivity contribution in [3.05, 3.63) is 53.6 Å². The third-order valence-electron chi connectivity index (χ3n) is 5.69. The summed E-state index contributed by atoms with van der Waals surface area (Å²) in [7, 11) is 1.62. The van der Waals surface area contributed by atoms with Gasteiger partial charge in [-0.05, 0) is 48.7 Å². The molecule has 1 aliphatic carbocycles. The molecule has 2 amide bonds. The quantitative estimate of drug-likeness (QED) is 0.659. The average Bonchev–Trinajstić information content (AvgIpc) is 3.15. The zero-order valence-electron chi connectivity index (χ0n) is 16.2. The summed E-state index contributed by atoms with van der Waals surface area (Å²) in [5, 5.41) is 3.38. The summed E-state index contributed by atoms with van der Waals surface area (Å²) < 4.78 is 6.17. The van der Waals surface area contributed by atoms with E-state index in [1.807, 2.05) is 30.3 Å². The van der Waals surface area contributed by atoms with Crippen LogP contribution >= 0.6 is 11.3 Å². The maximum atomic E-state index is 12.7. The van der Waals surface area contributed by atoms with Gasteiger partial charge in [-0.25, -0.2) is 4.98 Å². The predicted molar refractivity (Wildman–Crippen MR) is 115 cm³/mol. The van der Waals surface area contributed by atoms with Gasteiger partial charge in [0.15, 0.2) is 5.13 Å². The van der Waals surface area contributed by atoms with Crippen LogP contribution < -0.4 is 15.8 Å². The highest BCUT2D eigenvalue weighted by molar-refractivity contribution is 7.22. The topological polar surface area (TPSA) is 94.3 Å². The van der Waals surface area contributed by atoms with E-state index in [1.54, 1.807) is 19.2 Å². The van der Waals surface area contributed by atoms with Gasteiger partial charge in [0.2, 0.25) is 5.91 Å². The Balaban J connectivity index is 1.53. The van der Waals surface area contributed by atoms with Crippen LogP contribution in [0.4, 0.5) is 5.13 Å². The monoisotopic (exact) mass is 409 g/mol. The first kappa shape index (κ1) is 19.4. The van der Waals surface area contributed by atoms with E-state index in [0.29, 0.717) is 10.7 Å². The minimum Gasteiger partial charge on any atom is -0.497 e. The van der Waals surface area contributed by atoms with Gasteiger partial charge in [-0.1, -0.05) is 42.7 Å². The number of nitrogens with one attached hydrogen (secondary N) is 1. The number of thiazole rings is 1. The smallest absolute Gasteiger partial charge is 0.257 e. The second-order valence-corrected chi connectivity index (χ2v) is 8.42. The lowest BCUT2D eigenvalue weighted by Crippen LogP contribution is -2.42. The molecule has 3 N–H and O–H groups in total. The van der Waals surface area contributed by atoms with Crippen molar-refractivity contribution in [2.24, 2.45) is 5.73 Å². The van der Waals surface area contributed by atoms with E-state index in [2.05, 4.69) is 10.3 Å². The number of nitrogens with zero attached hydrogens (tertiary/aromatic N) is 1. The summed E-state index contributed by atoms with van der Waals surface area (Å²) in [6.45, 7) is 0. The number of fused-ring (bicyclic) bond motifs is 1. The van der Waals surface area contributed by atoms with Crippen LogP contribution in [0.25, 0.3) is 10.2 Å². The average molecular weight is 410 g/mol. The fourth-order valence-electron chi connectivity index (χ4n) is 4.03. The first-order valence-electron chi connectivity index (χ1n) is 9.68. The molecule has 0 spiro atoms. The maximum absolute atomic E-state index is 12.7. The number of nitrogens with two attached hydrogens (primary N) is 1. The Hall–Kier alpha value is -2.93. The molecule has 0 atom stereocenters. The Labute approximate surface area is 173 Å². The summed E-state index contributed by atoms with van der Waals surface area (Å²) in [6, 6.07) is 12.8. The van der Waals surface area contributed by atoms with Crippen molar-refractivity contribution in [2.75, 3.05) is 12.4 Å². The predicted octanol–water partition coefficient (Wildman–Crippen LogP) is 4.24. The van der Waals surface area contributed by atoms with E-state index in [1.165, 1.54) is 11.3 Å². The zero-order valence-corrected chi connectivity index (χ0v) is 17.1. The van der Waals surface area contributed by atoms with Gasteiger partial charge in [0.25, 0.3) is 5.91 Å². The van der Waals surface area contributed by atoms with Crippen LogP contribution in [0.2, 0.25) is 0 Å². The molecule has 7 heteroatoms. The molecule has 0 unspecified atom stereocenters. The van der Waals surface area contributed by atoms with Crippen molar-refractivity contribution < 1.29 is 14.3 Å². The van der Waals surface area contributed by atoms with Gasteiger partial charge in [0.05, 0.1) is 22.7 Å². The van der Waals surface area contributed by atoms with Crippen LogP contribution in [0, 0.1) is 0 Å². The second-order valence-electron chi connectivity index (χ2n) is 7.39. The zero-order chi connectivity index (χ0) is 20.4. The number of benzene rings is 2. The molecule has 150 valence electrons. The standard InChI is InChI=1S/C22H23N3O3S/c1-28-16-9-10-17-18(13-16)29-21(24-17)25-19(26)14-5-7-15(8-6-14)22(20(23)27)11-3-2-4-12-22/h5-10,13H,2-4,11-12H2,1H3,(H2,23,27)(H,24,25,26). The number of aromatic nitrogens is 1. The lowest BCUT2D eigenvalue weighted by molar-refractivity contribution is -0.124. The number of ether oxygens (including phenoxy) is 1. The number of rotatable bonds is 5. The molecule has 4 rings (SSSR count). The number of primary amides is 1. The first-order chi connectivity index (χ1) is 14.0. The van der Waals surface area contributed by atoms with Crippen LogP contribution in [0.15, 0.2) is 42.5 Å². The molecule has 1 heterocycles. The van der Waals surface area contributed by atoms with Gasteiger partial charge in [-0.3, -0.25) is 14.9 Å². The molecule has 29 heavy (non-hydrogen) atoms. The highest BCUT2D eigenvalue weighted by Gasteiger charge is 2.39. The summed E-state index contributed by atoms with van der Waals surface area (Å²) in [5.74, 6) is 0.236. The number of carbonyl (C=O) groups is 2. The van der Waals surface area contributed by atoms with Crippen molar-refractivity contribution in [3.8, 4) is 5.75 Å². The third-order valence-corrected chi connectivity index (χ3v) is 6.63. The van der Waals surface area contributed by atoms with Crippen LogP contribution in [0.1, 0.15) is 48.0 Å². The molecule has 6 nitrogen and oxygen atoms in total. The molecule has 0 bridgehead atoms. The first-order valence-corrected chi connectivity index (χ1v) is 10.5. The Morgan fingerprint density at radius 1 is 1.10 bits per heavy atom. The molecular formula is C22H23N3O3S. The Morgan fingerprint density at radius 2 is 1.83 bits per heavy atom. The van der Waals surface area contributed by atoms with Crippen molar-refractivity contribution in [1.29, 1.82) is 0 Å². The summed E-state index contributed by atoms with van der Waals surface area (Å²) in [6.07, 6.45) is 4.65. The van der Waals surface area contributed by atoms with Crippen molar-refractivity contribution in [3.63, 3.8) is 0 Å². The third kappa shape index (κ3) is 3.70. The number of methoxy groups -OCH3 is 1. The van der Waals surface area contributed by atoms with Crippen LogP contribution in [0.3, 0.4) is 0 Å². The van der Waals surface area contributed by atoms with E-state index in [4.69, 9.17) is 10.5 Å². The van der Waals surface area contributed by atoms with Crippen LogP contribution in [0.5, 0.6) is 5.75 Å². The molecular weight excluding hydrogens is 386 g/mol. The normalized spacial score (nSPS) is 15.8. The fourth-order valence-corrected chi connectivity index (χ4v) is 4.92. The van der Waals surface area contributed by atoms with Crippen molar-refractivity contribution in [2.45, 2.75) is 37.5 Å². The largest absolute Gasteiger partial charge is 0.497 e. The highest BCUT2D eigenvalue weighted by Crippen LogP contribution is 2.39. The molecule has 1 fully saturated rings. The highest BCUT2D eigenvalue weighted by atomic mass is 32.1. The van der Waals surface area contributed by atoms with E-state index in [0.717, 1.165) is 53.6 Å². The summed E-state index contributed by atoms with van der Waals surface area (Å²) in [4.78, 5) is 29.3. The minimum atomic E-state index is -0.612. The number of anilines is 1. The van der Waals surface area contributed by atoms with Gasteiger partial charge >= 0.3 is 0 Å². The molecule has 3 aromatic rings. The van der Waals surface area contributed by atoms with Crippen LogP contribution in [-0.4, -0.2) is 23.9 Å². The number of hydrogen-bond donors (Lipinski definition) is 2. The summed E-state index contributed by atoms with van der Waals surface area (Å²) in [5.41, 5.74) is 7.36. The molecule has 0 saturated heterocycles. The van der Waals surface area contributed by atoms with E-state index >= 15 is 0 Å². The molecule has 1 saturated carbocycles. The minimum absolute atomic E-state index is 0.237. The van der Waals surface area contributed by atoms with Crippen LogP contribution in [-0.2, 0) is 10.2 Å². The number of hydrogen-bond acceptors (Lipinski definition) is 5. The lowest BCUT2D eigenvalue weighted by atomic mass is 9.69. The Kier molecular flexibility index (Phi) is 5.24. The molecule has 2 aromatic carbocycles. The van der Waals surface area contributed by atoms with Crippen molar-refractivity contribution >= 4 is 38.5 Å². The SMILES string of the molecule is COc1ccc2nc(NC(=O)c3ccc(C4(C(N)=O)CCCCC4)cc3)sc2c1. The van der Waals surface area contributed by atoms with Gasteiger partial charge in [0.1, 0.15) is 5.75 Å². The number of carbonyl (C=O) groups excluding carboxylic acids is 2. The Bertz CT molecular complexity index is 1050. The van der Waals surface area contributed by atoms with E-state index in [-0.39, 0.29) is 11.8 Å². The maximum Gasteiger partial charge on any atom is 0.257 e. The summed E-state index contributed by atoms with van der Waals surface area (Å²) >= 11 is 1.39. The number of amides is 2. The van der Waals surface area contributed by atoms with E-state index < -0.39 is 5.41 Å². The van der Waals surface area contributed by atoms with Gasteiger partial charge in [-0.2, -0.15) is 0 Å². The Morgan fingerprint density at radius 3 is 2.48 bits per heavy atom. The van der Waals surface area contributed by atoms with Gasteiger partial charge in [-0.15, -0.1) is 0 Å². The fraction of sp³-hybridized carbons (Fsp3) is 0.318. The second kappa shape index (κ2) is 7.83. The molecule has 0 radical (unpaired) electrons. The van der Waals surface area contributed by atoms with Gasteiger partial charge < -0.3 is 10.5 Å². The lowest BCUT2D eigenvalue weighted by Gasteiger charge is -2.34.